The molecule has 0 heterocycles. The summed E-state index contributed by atoms with van der Waals surface area (Å²) in [6, 6.07) is 51.4. The van der Waals surface area contributed by atoms with Crippen LogP contribution < -0.4 is 15.9 Å². The highest BCUT2D eigenvalue weighted by atomic mass is 79.9. The summed E-state index contributed by atoms with van der Waals surface area (Å²) in [5.74, 6) is 0. The molecule has 162 valence electrons. The van der Waals surface area contributed by atoms with Crippen molar-refractivity contribution in [1.82, 2.24) is 0 Å². The Kier molecular flexibility index (Phi) is 8.64. The molecule has 0 unspecified atom stereocenters. The molecular weight excluding hydrogens is 483 g/mol. The van der Waals surface area contributed by atoms with Gasteiger partial charge in [0.05, 0.1) is 0 Å². The molecule has 0 N–H and O–H groups in total. The van der Waals surface area contributed by atoms with Gasteiger partial charge in [-0.05, 0) is 40.5 Å². The third-order valence-electron chi connectivity index (χ3n) is 5.26. The molecule has 5 rings (SSSR count). The van der Waals surface area contributed by atoms with Crippen LogP contribution in [-0.4, -0.2) is 0 Å². The molecule has 0 aliphatic rings. The van der Waals surface area contributed by atoms with Gasteiger partial charge in [0.2, 0.25) is 0 Å². The van der Waals surface area contributed by atoms with Gasteiger partial charge in [0.1, 0.15) is 0 Å². The smallest absolute Gasteiger partial charge is 0.0283 e. The van der Waals surface area contributed by atoms with E-state index in [9.17, 15) is 0 Å². The Balaban J connectivity index is 0.000000165. The van der Waals surface area contributed by atoms with Crippen molar-refractivity contribution in [2.45, 2.75) is 5.33 Å². The molecule has 0 aromatic heterocycles. The topological polar surface area (TPSA) is 0 Å². The molecular formula is C31H26BrP. The lowest BCUT2D eigenvalue weighted by Gasteiger charge is -2.18. The van der Waals surface area contributed by atoms with Gasteiger partial charge in [0, 0.05) is 5.33 Å². The minimum atomic E-state index is -0.446. The molecule has 0 saturated carbocycles. The summed E-state index contributed by atoms with van der Waals surface area (Å²) in [7, 11) is -0.446. The van der Waals surface area contributed by atoms with Crippen LogP contribution in [0.4, 0.5) is 0 Å². The van der Waals surface area contributed by atoms with Gasteiger partial charge in [-0.1, -0.05) is 162 Å². The summed E-state index contributed by atoms with van der Waals surface area (Å²) in [5.41, 5.74) is 3.86. The number of rotatable bonds is 5. The van der Waals surface area contributed by atoms with Crippen LogP contribution in [-0.2, 0) is 5.33 Å². The Morgan fingerprint density at radius 3 is 1.09 bits per heavy atom. The van der Waals surface area contributed by atoms with Crippen LogP contribution in [0.1, 0.15) is 5.56 Å². The zero-order valence-electron chi connectivity index (χ0n) is 18.4. The van der Waals surface area contributed by atoms with Crippen LogP contribution in [0, 0.1) is 0 Å². The molecule has 5 aromatic carbocycles. The fourth-order valence-corrected chi connectivity index (χ4v) is 6.27. The summed E-state index contributed by atoms with van der Waals surface area (Å²) in [5, 5.41) is 5.11. The lowest BCUT2D eigenvalue weighted by Crippen LogP contribution is -2.20. The van der Waals surface area contributed by atoms with Crippen molar-refractivity contribution < 1.29 is 0 Å². The van der Waals surface area contributed by atoms with E-state index in [0.29, 0.717) is 0 Å². The van der Waals surface area contributed by atoms with Crippen LogP contribution in [0.15, 0.2) is 146 Å². The molecule has 5 aromatic rings. The van der Waals surface area contributed by atoms with Crippen LogP contribution in [0.25, 0.3) is 11.1 Å². The van der Waals surface area contributed by atoms with E-state index in [0.717, 1.165) is 5.33 Å². The van der Waals surface area contributed by atoms with Gasteiger partial charge < -0.3 is 0 Å². The summed E-state index contributed by atoms with van der Waals surface area (Å²) in [6.45, 7) is 0. The third kappa shape index (κ3) is 6.51. The maximum absolute atomic E-state index is 3.44. The maximum atomic E-state index is 3.44. The average Bonchev–Trinajstić information content (AvgIpc) is 2.92. The molecule has 0 aliphatic carbocycles. The fourth-order valence-electron chi connectivity index (χ4n) is 3.60. The summed E-state index contributed by atoms with van der Waals surface area (Å²) in [6.07, 6.45) is 0. The minimum Gasteiger partial charge on any atom is -0.0876 e. The van der Waals surface area contributed by atoms with Crippen LogP contribution >= 0.6 is 23.9 Å². The van der Waals surface area contributed by atoms with E-state index in [1.54, 1.807) is 0 Å². The third-order valence-corrected chi connectivity index (χ3v) is 8.35. The van der Waals surface area contributed by atoms with Gasteiger partial charge in [0.15, 0.2) is 0 Å². The SMILES string of the molecule is BrCc1ccc(-c2ccccc2)cc1.c1ccc(P(c2ccccc2)c2ccccc2)cc1. The second kappa shape index (κ2) is 12.3. The normalized spacial score (nSPS) is 10.4. The summed E-state index contributed by atoms with van der Waals surface area (Å²) >= 11 is 3.44. The van der Waals surface area contributed by atoms with Gasteiger partial charge in [-0.15, -0.1) is 0 Å². The molecule has 0 spiro atoms. The van der Waals surface area contributed by atoms with E-state index >= 15 is 0 Å². The Hall–Kier alpha value is -2.99. The van der Waals surface area contributed by atoms with Crippen LogP contribution in [0.2, 0.25) is 0 Å². The van der Waals surface area contributed by atoms with Crippen molar-refractivity contribution in [3.05, 3.63) is 151 Å². The predicted molar refractivity (Wildman–Crippen MR) is 150 cm³/mol. The van der Waals surface area contributed by atoms with Crippen LogP contribution in [0.5, 0.6) is 0 Å². The first-order chi connectivity index (χ1) is 16.3. The van der Waals surface area contributed by atoms with Crippen LogP contribution in [0.3, 0.4) is 0 Å². The standard InChI is InChI=1S/C18H15P.C13H11Br/c1-4-10-16(11-5-1)19(17-12-6-2-7-13-17)18-14-8-3-9-15-18;14-10-11-6-8-13(9-7-11)12-4-2-1-3-5-12/h1-15H;1-9H,10H2. The molecule has 0 fully saturated rings. The van der Waals surface area contributed by atoms with E-state index in [1.807, 2.05) is 6.07 Å². The first-order valence-corrected chi connectivity index (χ1v) is 13.5. The first kappa shape index (κ1) is 23.2. The number of hydrogen-bond donors (Lipinski definition) is 0. The van der Waals surface area contributed by atoms with Gasteiger partial charge >= 0.3 is 0 Å². The summed E-state index contributed by atoms with van der Waals surface area (Å²) < 4.78 is 0. The van der Waals surface area contributed by atoms with Crippen molar-refractivity contribution >= 4 is 39.8 Å². The van der Waals surface area contributed by atoms with Crippen molar-refractivity contribution in [2.24, 2.45) is 0 Å². The molecule has 0 atom stereocenters. The molecule has 0 amide bonds. The molecule has 0 bridgehead atoms. The molecule has 2 heteroatoms. The average molecular weight is 509 g/mol. The van der Waals surface area contributed by atoms with E-state index < -0.39 is 7.92 Å². The Morgan fingerprint density at radius 1 is 0.394 bits per heavy atom. The largest absolute Gasteiger partial charge is 0.0876 e. The van der Waals surface area contributed by atoms with Crippen molar-refractivity contribution in [3.63, 3.8) is 0 Å². The summed E-state index contributed by atoms with van der Waals surface area (Å²) in [4.78, 5) is 0. The lowest BCUT2D eigenvalue weighted by atomic mass is 10.0. The molecule has 33 heavy (non-hydrogen) atoms. The number of hydrogen-bond acceptors (Lipinski definition) is 0. The van der Waals surface area contributed by atoms with Crippen molar-refractivity contribution in [3.8, 4) is 11.1 Å². The number of alkyl halides is 1. The Bertz CT molecular complexity index is 1110. The highest BCUT2D eigenvalue weighted by Gasteiger charge is 2.14. The van der Waals surface area contributed by atoms with Crippen molar-refractivity contribution in [2.75, 3.05) is 0 Å². The lowest BCUT2D eigenvalue weighted by molar-refractivity contribution is 1.44. The van der Waals surface area contributed by atoms with Gasteiger partial charge in [-0.3, -0.25) is 0 Å². The maximum Gasteiger partial charge on any atom is 0.0283 e. The fraction of sp³-hybridized carbons (Fsp3) is 0.0323. The highest BCUT2D eigenvalue weighted by molar-refractivity contribution is 9.08. The molecule has 0 radical (unpaired) electrons. The monoisotopic (exact) mass is 508 g/mol. The number of halogens is 1. The van der Waals surface area contributed by atoms with E-state index in [-0.39, 0.29) is 0 Å². The second-order valence-electron chi connectivity index (χ2n) is 7.54. The molecule has 0 nitrogen and oxygen atoms in total. The Labute approximate surface area is 206 Å². The van der Waals surface area contributed by atoms with E-state index in [4.69, 9.17) is 0 Å². The minimum absolute atomic E-state index is 0.446. The first-order valence-electron chi connectivity index (χ1n) is 11.0. The molecule has 0 aliphatic heterocycles. The number of benzene rings is 5. The quantitative estimate of drug-likeness (QED) is 0.168. The van der Waals surface area contributed by atoms with Gasteiger partial charge in [0.25, 0.3) is 0 Å². The predicted octanol–water partition coefficient (Wildman–Crippen LogP) is 7.69. The second-order valence-corrected chi connectivity index (χ2v) is 10.3. The Morgan fingerprint density at radius 2 is 0.727 bits per heavy atom. The van der Waals surface area contributed by atoms with Gasteiger partial charge in [-0.25, -0.2) is 0 Å². The van der Waals surface area contributed by atoms with Gasteiger partial charge in [-0.2, -0.15) is 0 Å². The highest BCUT2D eigenvalue weighted by Crippen LogP contribution is 2.32. The van der Waals surface area contributed by atoms with Crippen molar-refractivity contribution in [1.29, 1.82) is 0 Å². The zero-order valence-corrected chi connectivity index (χ0v) is 20.9. The zero-order chi connectivity index (χ0) is 22.7. The van der Waals surface area contributed by atoms with E-state index in [1.165, 1.54) is 32.6 Å². The molecule has 0 saturated heterocycles. The van der Waals surface area contributed by atoms with E-state index in [2.05, 4.69) is 155 Å².